The Bertz CT molecular complexity index is 547. The smallest absolute Gasteiger partial charge is 0.0834 e. The van der Waals surface area contributed by atoms with Crippen molar-refractivity contribution in [1.29, 1.82) is 0 Å². The average molecular weight is 277 g/mol. The molecule has 1 aliphatic rings. The van der Waals surface area contributed by atoms with Gasteiger partial charge in [0.1, 0.15) is 0 Å². The van der Waals surface area contributed by atoms with E-state index in [1.165, 1.54) is 5.56 Å². The summed E-state index contributed by atoms with van der Waals surface area (Å²) in [4.78, 5) is 0. The molecule has 19 heavy (non-hydrogen) atoms. The summed E-state index contributed by atoms with van der Waals surface area (Å²) in [5, 5.41) is 4.85. The molecule has 1 saturated carbocycles. The molecular weight excluding hydrogens is 260 g/mol. The van der Waals surface area contributed by atoms with Gasteiger partial charge in [-0.05, 0) is 23.8 Å². The Balaban J connectivity index is 1.83. The summed E-state index contributed by atoms with van der Waals surface area (Å²) in [5.74, 6) is 6.76. The largest absolute Gasteiger partial charge is 0.271 e. The number of nitrogens with zero attached hydrogens (tertiary/aromatic N) is 2. The second-order valence-electron chi connectivity index (χ2n) is 5.06. The predicted molar refractivity (Wildman–Crippen MR) is 75.6 cm³/mol. The predicted octanol–water partition coefficient (Wildman–Crippen LogP) is 2.38. The number of halogens is 1. The fourth-order valence-corrected chi connectivity index (χ4v) is 3.13. The topological polar surface area (TPSA) is 55.9 Å². The highest BCUT2D eigenvalue weighted by Crippen LogP contribution is 2.54. The van der Waals surface area contributed by atoms with Crippen LogP contribution >= 0.6 is 11.6 Å². The van der Waals surface area contributed by atoms with Crippen molar-refractivity contribution in [3.8, 4) is 0 Å². The zero-order chi connectivity index (χ0) is 13.4. The molecule has 1 fully saturated rings. The SMILES string of the molecule is Cn1ncc(Cl)c1C(NN)C1CC1c1ccccc1. The zero-order valence-electron chi connectivity index (χ0n) is 10.8. The number of aryl methyl sites for hydroxylation is 1. The minimum atomic E-state index is 0.0465. The first-order chi connectivity index (χ1) is 9.22. The molecule has 3 rings (SSSR count). The maximum absolute atomic E-state index is 6.21. The molecule has 0 aliphatic heterocycles. The summed E-state index contributed by atoms with van der Waals surface area (Å²) < 4.78 is 1.80. The molecule has 2 aromatic rings. The van der Waals surface area contributed by atoms with Crippen molar-refractivity contribution >= 4 is 11.6 Å². The van der Waals surface area contributed by atoms with Gasteiger partial charge in [0.2, 0.25) is 0 Å². The monoisotopic (exact) mass is 276 g/mol. The van der Waals surface area contributed by atoms with E-state index in [2.05, 4.69) is 34.8 Å². The Morgan fingerprint density at radius 3 is 2.74 bits per heavy atom. The molecule has 0 radical (unpaired) electrons. The van der Waals surface area contributed by atoms with Crippen LogP contribution in [-0.2, 0) is 7.05 Å². The lowest BCUT2D eigenvalue weighted by Gasteiger charge is -2.17. The minimum Gasteiger partial charge on any atom is -0.271 e. The highest BCUT2D eigenvalue weighted by Gasteiger charge is 2.45. The lowest BCUT2D eigenvalue weighted by molar-refractivity contribution is 0.455. The molecule has 1 aromatic carbocycles. The molecule has 3 atom stereocenters. The summed E-state index contributed by atoms with van der Waals surface area (Å²) in [5.41, 5.74) is 5.23. The van der Waals surface area contributed by atoms with Gasteiger partial charge >= 0.3 is 0 Å². The molecule has 5 heteroatoms. The van der Waals surface area contributed by atoms with Gasteiger partial charge in [0.05, 0.1) is 23.0 Å². The van der Waals surface area contributed by atoms with Crippen LogP contribution in [-0.4, -0.2) is 9.78 Å². The summed E-state index contributed by atoms with van der Waals surface area (Å²) in [6.07, 6.45) is 2.79. The molecule has 100 valence electrons. The molecule has 0 saturated heterocycles. The molecule has 0 spiro atoms. The van der Waals surface area contributed by atoms with E-state index in [1.807, 2.05) is 13.1 Å². The molecule has 1 aromatic heterocycles. The first-order valence-electron chi connectivity index (χ1n) is 6.41. The highest BCUT2D eigenvalue weighted by molar-refractivity contribution is 6.31. The second-order valence-corrected chi connectivity index (χ2v) is 5.47. The third-order valence-corrected chi connectivity index (χ3v) is 4.20. The van der Waals surface area contributed by atoms with Crippen molar-refractivity contribution in [2.24, 2.45) is 18.8 Å². The minimum absolute atomic E-state index is 0.0465. The number of nitrogens with one attached hydrogen (secondary N) is 1. The van der Waals surface area contributed by atoms with Crippen molar-refractivity contribution in [3.05, 3.63) is 52.8 Å². The van der Waals surface area contributed by atoms with Crippen molar-refractivity contribution < 1.29 is 0 Å². The highest BCUT2D eigenvalue weighted by atomic mass is 35.5. The van der Waals surface area contributed by atoms with Crippen LogP contribution in [0.1, 0.15) is 29.6 Å². The van der Waals surface area contributed by atoms with Crippen molar-refractivity contribution in [2.45, 2.75) is 18.4 Å². The Morgan fingerprint density at radius 1 is 1.42 bits per heavy atom. The maximum atomic E-state index is 6.21. The van der Waals surface area contributed by atoms with E-state index in [4.69, 9.17) is 17.4 Å². The fraction of sp³-hybridized carbons (Fsp3) is 0.357. The zero-order valence-corrected chi connectivity index (χ0v) is 11.5. The molecule has 3 N–H and O–H groups in total. The van der Waals surface area contributed by atoms with Gasteiger partial charge < -0.3 is 0 Å². The third-order valence-electron chi connectivity index (χ3n) is 3.91. The van der Waals surface area contributed by atoms with Gasteiger partial charge in [-0.15, -0.1) is 0 Å². The lowest BCUT2D eigenvalue weighted by Crippen LogP contribution is -2.31. The van der Waals surface area contributed by atoms with E-state index < -0.39 is 0 Å². The Kier molecular flexibility index (Phi) is 3.31. The van der Waals surface area contributed by atoms with Crippen LogP contribution in [0.2, 0.25) is 5.02 Å². The number of aromatic nitrogens is 2. The van der Waals surface area contributed by atoms with Gasteiger partial charge in [-0.1, -0.05) is 41.9 Å². The van der Waals surface area contributed by atoms with Crippen LogP contribution < -0.4 is 11.3 Å². The van der Waals surface area contributed by atoms with E-state index in [0.29, 0.717) is 16.9 Å². The number of benzene rings is 1. The van der Waals surface area contributed by atoms with Crippen LogP contribution in [0.4, 0.5) is 0 Å². The first-order valence-corrected chi connectivity index (χ1v) is 6.78. The van der Waals surface area contributed by atoms with E-state index in [-0.39, 0.29) is 6.04 Å². The maximum Gasteiger partial charge on any atom is 0.0834 e. The van der Waals surface area contributed by atoms with Gasteiger partial charge in [0.15, 0.2) is 0 Å². The summed E-state index contributed by atoms with van der Waals surface area (Å²) in [6.45, 7) is 0. The quantitative estimate of drug-likeness (QED) is 0.666. The van der Waals surface area contributed by atoms with E-state index in [1.54, 1.807) is 10.9 Å². The Morgan fingerprint density at radius 2 is 2.16 bits per heavy atom. The van der Waals surface area contributed by atoms with Gasteiger partial charge in [0, 0.05) is 7.05 Å². The van der Waals surface area contributed by atoms with Crippen LogP contribution in [0.5, 0.6) is 0 Å². The van der Waals surface area contributed by atoms with Crippen molar-refractivity contribution in [3.63, 3.8) is 0 Å². The Hall–Kier alpha value is -1.36. The van der Waals surface area contributed by atoms with Gasteiger partial charge in [0.25, 0.3) is 0 Å². The number of rotatable bonds is 4. The molecule has 1 heterocycles. The molecule has 0 amide bonds. The number of hydrazine groups is 1. The van der Waals surface area contributed by atoms with Crippen LogP contribution in [0.15, 0.2) is 36.5 Å². The molecular formula is C14H17ClN4. The first kappa shape index (κ1) is 12.7. The van der Waals surface area contributed by atoms with Gasteiger partial charge in [-0.2, -0.15) is 5.10 Å². The fourth-order valence-electron chi connectivity index (χ4n) is 2.84. The van der Waals surface area contributed by atoms with Gasteiger partial charge in [-0.3, -0.25) is 16.0 Å². The molecule has 1 aliphatic carbocycles. The summed E-state index contributed by atoms with van der Waals surface area (Å²) >= 11 is 6.21. The molecule has 4 nitrogen and oxygen atoms in total. The number of nitrogens with two attached hydrogens (primary N) is 1. The molecule has 0 bridgehead atoms. The Labute approximate surface area is 117 Å². The van der Waals surface area contributed by atoms with Crippen LogP contribution in [0, 0.1) is 5.92 Å². The standard InChI is InChI=1S/C14H17ClN4/c1-19-14(12(15)8-17-19)13(18-16)11-7-10(11)9-5-3-2-4-6-9/h2-6,8,10-11,13,18H,7,16H2,1H3. The average Bonchev–Trinajstić information content (AvgIpc) is 3.16. The summed E-state index contributed by atoms with van der Waals surface area (Å²) in [6, 6.07) is 10.6. The van der Waals surface area contributed by atoms with E-state index in [0.717, 1.165) is 12.1 Å². The van der Waals surface area contributed by atoms with E-state index in [9.17, 15) is 0 Å². The normalized spacial score (nSPS) is 23.3. The lowest BCUT2D eigenvalue weighted by atomic mass is 10.0. The number of hydrogen-bond donors (Lipinski definition) is 2. The third kappa shape index (κ3) is 2.27. The molecule has 3 unspecified atom stereocenters. The van der Waals surface area contributed by atoms with E-state index >= 15 is 0 Å². The van der Waals surface area contributed by atoms with Gasteiger partial charge in [-0.25, -0.2) is 0 Å². The van der Waals surface area contributed by atoms with Crippen LogP contribution in [0.25, 0.3) is 0 Å². The van der Waals surface area contributed by atoms with Crippen molar-refractivity contribution in [2.75, 3.05) is 0 Å². The van der Waals surface area contributed by atoms with Crippen molar-refractivity contribution in [1.82, 2.24) is 15.2 Å². The number of hydrogen-bond acceptors (Lipinski definition) is 3. The second kappa shape index (κ2) is 4.96. The van der Waals surface area contributed by atoms with Crippen LogP contribution in [0.3, 0.4) is 0 Å². The summed E-state index contributed by atoms with van der Waals surface area (Å²) in [7, 11) is 1.89.